The van der Waals surface area contributed by atoms with Gasteiger partial charge in [0.05, 0.1) is 11.9 Å². The molecular weight excluding hydrogens is 214 g/mol. The molecule has 0 amide bonds. The number of aryl methyl sites for hydroxylation is 1. The van der Waals surface area contributed by atoms with E-state index in [0.717, 1.165) is 29.8 Å². The van der Waals surface area contributed by atoms with Crippen molar-refractivity contribution < 1.29 is 8.42 Å². The van der Waals surface area contributed by atoms with Crippen molar-refractivity contribution >= 4 is 10.0 Å². The molecule has 1 N–H and O–H groups in total. The van der Waals surface area contributed by atoms with Gasteiger partial charge in [0.2, 0.25) is 10.0 Å². The number of nitrogens with one attached hydrogen (secondary N) is 1. The Labute approximate surface area is 89.5 Å². The molecular formula is C9H15N3O2S. The van der Waals surface area contributed by atoms with Crippen molar-refractivity contribution in [2.75, 3.05) is 12.8 Å². The molecule has 0 aliphatic carbocycles. The van der Waals surface area contributed by atoms with Gasteiger partial charge in [0.25, 0.3) is 0 Å². The summed E-state index contributed by atoms with van der Waals surface area (Å²) < 4.78 is 24.3. The van der Waals surface area contributed by atoms with Crippen LogP contribution in [0.5, 0.6) is 0 Å². The summed E-state index contributed by atoms with van der Waals surface area (Å²) in [6.07, 6.45) is 2.82. The predicted octanol–water partition coefficient (Wildman–Crippen LogP) is 0.290. The fourth-order valence-electron chi connectivity index (χ4n) is 1.91. The average molecular weight is 229 g/mol. The summed E-state index contributed by atoms with van der Waals surface area (Å²) in [6, 6.07) is 0. The van der Waals surface area contributed by atoms with Crippen LogP contribution >= 0.6 is 0 Å². The second-order valence-corrected chi connectivity index (χ2v) is 5.81. The van der Waals surface area contributed by atoms with E-state index < -0.39 is 10.0 Å². The van der Waals surface area contributed by atoms with Crippen LogP contribution in [-0.2, 0) is 29.4 Å². The van der Waals surface area contributed by atoms with Gasteiger partial charge in [-0.05, 0) is 6.42 Å². The highest BCUT2D eigenvalue weighted by atomic mass is 32.2. The molecule has 0 saturated carbocycles. The van der Waals surface area contributed by atoms with E-state index >= 15 is 0 Å². The Bertz CT molecular complexity index is 450. The summed E-state index contributed by atoms with van der Waals surface area (Å²) in [4.78, 5) is 0. The van der Waals surface area contributed by atoms with Crippen molar-refractivity contribution in [2.45, 2.75) is 26.3 Å². The van der Waals surface area contributed by atoms with Gasteiger partial charge in [-0.2, -0.15) is 9.40 Å². The van der Waals surface area contributed by atoms with Gasteiger partial charge in [-0.3, -0.25) is 5.10 Å². The highest BCUT2D eigenvalue weighted by Crippen LogP contribution is 2.22. The molecule has 6 heteroatoms. The van der Waals surface area contributed by atoms with Gasteiger partial charge in [-0.25, -0.2) is 8.42 Å². The standard InChI is InChI=1S/C9H15N3O2S/c1-3-8-7-6-12(15(2,13)14)5-4-9(7)11-10-8/h3-6H2,1-2H3,(H,10,11). The third-order valence-electron chi connectivity index (χ3n) is 2.79. The molecule has 2 rings (SSSR count). The fourth-order valence-corrected chi connectivity index (χ4v) is 2.69. The van der Waals surface area contributed by atoms with Crippen LogP contribution in [0.2, 0.25) is 0 Å². The third kappa shape index (κ3) is 1.91. The molecule has 0 spiro atoms. The topological polar surface area (TPSA) is 66.1 Å². The lowest BCUT2D eigenvalue weighted by molar-refractivity contribution is 0.392. The van der Waals surface area contributed by atoms with E-state index in [1.54, 1.807) is 0 Å². The van der Waals surface area contributed by atoms with Gasteiger partial charge < -0.3 is 0 Å². The number of nitrogens with zero attached hydrogens (tertiary/aromatic N) is 2. The quantitative estimate of drug-likeness (QED) is 0.792. The Balaban J connectivity index is 2.32. The van der Waals surface area contributed by atoms with Crippen LogP contribution in [0, 0.1) is 0 Å². The van der Waals surface area contributed by atoms with Crippen molar-refractivity contribution in [1.82, 2.24) is 14.5 Å². The number of aromatic nitrogens is 2. The number of hydrogen-bond acceptors (Lipinski definition) is 3. The number of fused-ring (bicyclic) bond motifs is 1. The van der Waals surface area contributed by atoms with Crippen LogP contribution in [0.1, 0.15) is 23.9 Å². The van der Waals surface area contributed by atoms with Crippen LogP contribution in [0.25, 0.3) is 0 Å². The van der Waals surface area contributed by atoms with Gasteiger partial charge in [0, 0.05) is 30.8 Å². The largest absolute Gasteiger partial charge is 0.282 e. The number of rotatable bonds is 2. The first-order valence-electron chi connectivity index (χ1n) is 5.02. The molecule has 0 bridgehead atoms. The lowest BCUT2D eigenvalue weighted by Crippen LogP contribution is -2.35. The molecule has 0 atom stereocenters. The Hall–Kier alpha value is -0.880. The summed E-state index contributed by atoms with van der Waals surface area (Å²) in [5.41, 5.74) is 3.14. The minimum absolute atomic E-state index is 0.466. The third-order valence-corrected chi connectivity index (χ3v) is 4.04. The fraction of sp³-hybridized carbons (Fsp3) is 0.667. The normalized spacial score (nSPS) is 17.7. The molecule has 5 nitrogen and oxygen atoms in total. The van der Waals surface area contributed by atoms with Crippen LogP contribution in [0.15, 0.2) is 0 Å². The molecule has 1 aromatic heterocycles. The van der Waals surface area contributed by atoms with Crippen LogP contribution in [-0.4, -0.2) is 35.7 Å². The zero-order chi connectivity index (χ0) is 11.1. The summed E-state index contributed by atoms with van der Waals surface area (Å²) in [7, 11) is -3.08. The molecule has 0 unspecified atom stereocenters. The van der Waals surface area contributed by atoms with E-state index in [1.807, 2.05) is 6.92 Å². The molecule has 84 valence electrons. The summed E-state index contributed by atoms with van der Waals surface area (Å²) in [5, 5.41) is 7.16. The van der Waals surface area contributed by atoms with Crippen LogP contribution in [0.3, 0.4) is 0 Å². The van der Waals surface area contributed by atoms with Gasteiger partial charge in [-0.15, -0.1) is 0 Å². The van der Waals surface area contributed by atoms with E-state index in [4.69, 9.17) is 0 Å². The molecule has 1 aliphatic heterocycles. The van der Waals surface area contributed by atoms with Crippen molar-refractivity contribution in [3.63, 3.8) is 0 Å². The molecule has 1 aromatic rings. The van der Waals surface area contributed by atoms with Crippen molar-refractivity contribution in [3.05, 3.63) is 17.0 Å². The van der Waals surface area contributed by atoms with Crippen molar-refractivity contribution in [1.29, 1.82) is 0 Å². The zero-order valence-electron chi connectivity index (χ0n) is 8.95. The summed E-state index contributed by atoms with van der Waals surface area (Å²) in [5.74, 6) is 0. The molecule has 1 aliphatic rings. The van der Waals surface area contributed by atoms with Crippen molar-refractivity contribution in [3.8, 4) is 0 Å². The lowest BCUT2D eigenvalue weighted by atomic mass is 10.1. The van der Waals surface area contributed by atoms with Gasteiger partial charge >= 0.3 is 0 Å². The number of H-pyrrole nitrogens is 1. The Morgan fingerprint density at radius 3 is 2.87 bits per heavy atom. The Kier molecular flexibility index (Phi) is 2.56. The molecule has 15 heavy (non-hydrogen) atoms. The Morgan fingerprint density at radius 1 is 1.53 bits per heavy atom. The van der Waals surface area contributed by atoms with Crippen LogP contribution < -0.4 is 0 Å². The number of hydrogen-bond donors (Lipinski definition) is 1. The number of sulfonamides is 1. The van der Waals surface area contributed by atoms with E-state index in [1.165, 1.54) is 10.6 Å². The first kappa shape index (κ1) is 10.6. The highest BCUT2D eigenvalue weighted by molar-refractivity contribution is 7.88. The molecule has 2 heterocycles. The van der Waals surface area contributed by atoms with Crippen molar-refractivity contribution in [2.24, 2.45) is 0 Å². The first-order chi connectivity index (χ1) is 7.02. The van der Waals surface area contributed by atoms with Gasteiger partial charge in [-0.1, -0.05) is 6.92 Å². The minimum Gasteiger partial charge on any atom is -0.282 e. The minimum atomic E-state index is -3.08. The van der Waals surface area contributed by atoms with E-state index in [9.17, 15) is 8.42 Å². The second kappa shape index (κ2) is 3.61. The first-order valence-corrected chi connectivity index (χ1v) is 6.87. The Morgan fingerprint density at radius 2 is 2.27 bits per heavy atom. The highest BCUT2D eigenvalue weighted by Gasteiger charge is 2.26. The van der Waals surface area contributed by atoms with E-state index in [2.05, 4.69) is 10.2 Å². The van der Waals surface area contributed by atoms with Gasteiger partial charge in [0.1, 0.15) is 0 Å². The monoisotopic (exact) mass is 229 g/mol. The maximum atomic E-state index is 11.4. The summed E-state index contributed by atoms with van der Waals surface area (Å²) in [6.45, 7) is 3.04. The smallest absolute Gasteiger partial charge is 0.211 e. The maximum absolute atomic E-state index is 11.4. The lowest BCUT2D eigenvalue weighted by Gasteiger charge is -2.24. The SMILES string of the molecule is CCc1n[nH]c2c1CN(S(C)(=O)=O)CC2. The molecule has 0 fully saturated rings. The zero-order valence-corrected chi connectivity index (χ0v) is 9.76. The summed E-state index contributed by atoms with van der Waals surface area (Å²) >= 11 is 0. The maximum Gasteiger partial charge on any atom is 0.211 e. The average Bonchev–Trinajstić information content (AvgIpc) is 2.57. The number of aromatic amines is 1. The van der Waals surface area contributed by atoms with E-state index in [0.29, 0.717) is 13.1 Å². The predicted molar refractivity (Wildman–Crippen MR) is 56.9 cm³/mol. The van der Waals surface area contributed by atoms with E-state index in [-0.39, 0.29) is 0 Å². The van der Waals surface area contributed by atoms with Gasteiger partial charge in [0.15, 0.2) is 0 Å². The second-order valence-electron chi connectivity index (χ2n) is 3.83. The van der Waals surface area contributed by atoms with Crippen LogP contribution in [0.4, 0.5) is 0 Å². The molecule has 0 radical (unpaired) electrons. The molecule has 0 saturated heterocycles. The molecule has 0 aromatic carbocycles.